The third kappa shape index (κ3) is 2.86. The Bertz CT molecular complexity index is 584. The van der Waals surface area contributed by atoms with Crippen molar-refractivity contribution in [3.63, 3.8) is 0 Å². The van der Waals surface area contributed by atoms with Gasteiger partial charge in [-0.3, -0.25) is 9.48 Å². The molecule has 0 saturated heterocycles. The van der Waals surface area contributed by atoms with E-state index in [2.05, 4.69) is 28.0 Å². The average molecular weight is 266 g/mol. The Kier molecular flexibility index (Phi) is 3.61. The van der Waals surface area contributed by atoms with E-state index in [4.69, 9.17) is 0 Å². The molecule has 2 aromatic rings. The zero-order valence-electron chi connectivity index (χ0n) is 9.59. The summed E-state index contributed by atoms with van der Waals surface area (Å²) in [5.41, 5.74) is -0.0431. The highest BCUT2D eigenvalue weighted by Gasteiger charge is 2.12. The van der Waals surface area contributed by atoms with Crippen LogP contribution in [0.1, 0.15) is 16.2 Å². The molecule has 0 bridgehead atoms. The average Bonchev–Trinajstić information content (AvgIpc) is 2.75. The lowest BCUT2D eigenvalue weighted by Gasteiger charge is -2.04. The summed E-state index contributed by atoms with van der Waals surface area (Å²) in [6, 6.07) is 4.06. The lowest BCUT2D eigenvalue weighted by Crippen LogP contribution is -2.24. The van der Waals surface area contributed by atoms with Gasteiger partial charge < -0.3 is 5.32 Å². The highest BCUT2D eigenvalue weighted by Crippen LogP contribution is 2.13. The number of thiol groups is 1. The van der Waals surface area contributed by atoms with Gasteiger partial charge in [-0.15, -0.1) is 12.6 Å². The van der Waals surface area contributed by atoms with Gasteiger partial charge in [0.15, 0.2) is 5.82 Å². The Hall–Kier alpha value is -1.89. The maximum Gasteiger partial charge on any atom is 0.254 e. The van der Waals surface area contributed by atoms with Crippen LogP contribution in [-0.2, 0) is 13.6 Å². The number of carbonyl (C=O) groups is 1. The van der Waals surface area contributed by atoms with E-state index in [1.807, 2.05) is 0 Å². The fourth-order valence-corrected chi connectivity index (χ4v) is 1.61. The molecule has 0 aliphatic carbocycles. The van der Waals surface area contributed by atoms with Crippen LogP contribution in [0.15, 0.2) is 29.4 Å². The molecule has 0 spiro atoms. The number of aromatic nitrogens is 3. The van der Waals surface area contributed by atoms with E-state index >= 15 is 0 Å². The zero-order valence-corrected chi connectivity index (χ0v) is 10.5. The monoisotopic (exact) mass is 266 g/mol. The van der Waals surface area contributed by atoms with Crippen LogP contribution in [0, 0.1) is 5.82 Å². The molecule has 0 aliphatic heterocycles. The lowest BCUT2D eigenvalue weighted by atomic mass is 10.2. The minimum atomic E-state index is -0.584. The second kappa shape index (κ2) is 5.18. The van der Waals surface area contributed by atoms with Crippen LogP contribution in [0.3, 0.4) is 0 Å². The first kappa shape index (κ1) is 12.6. The van der Waals surface area contributed by atoms with Crippen molar-refractivity contribution >= 4 is 18.5 Å². The molecule has 94 valence electrons. The number of rotatable bonds is 3. The lowest BCUT2D eigenvalue weighted by molar-refractivity contribution is 0.0945. The molecule has 7 heteroatoms. The molecule has 0 radical (unpaired) electrons. The molecule has 18 heavy (non-hydrogen) atoms. The third-order valence-electron chi connectivity index (χ3n) is 2.25. The molecule has 5 nitrogen and oxygen atoms in total. The first-order valence-electron chi connectivity index (χ1n) is 5.17. The minimum absolute atomic E-state index is 0.0431. The zero-order chi connectivity index (χ0) is 13.1. The van der Waals surface area contributed by atoms with E-state index in [1.54, 1.807) is 7.05 Å². The molecule has 1 heterocycles. The number of hydrogen-bond acceptors (Lipinski definition) is 4. The fraction of sp³-hybridized carbons (Fsp3) is 0.182. The van der Waals surface area contributed by atoms with E-state index in [0.717, 1.165) is 0 Å². The summed E-state index contributed by atoms with van der Waals surface area (Å²) in [6.45, 7) is 0.149. The quantitative estimate of drug-likeness (QED) is 0.820. The van der Waals surface area contributed by atoms with Crippen molar-refractivity contribution in [1.29, 1.82) is 0 Å². The van der Waals surface area contributed by atoms with Crippen LogP contribution in [0.2, 0.25) is 0 Å². The van der Waals surface area contributed by atoms with E-state index < -0.39 is 11.7 Å². The standard InChI is InChI=1S/C11H11FN4OS/c1-16-6-14-10(15-16)5-13-11(17)8-4-7(18)2-3-9(8)12/h2-4,6,18H,5H2,1H3,(H,13,17). The Morgan fingerprint density at radius 3 is 3.00 bits per heavy atom. The molecule has 1 aromatic carbocycles. The topological polar surface area (TPSA) is 59.8 Å². The molecular weight excluding hydrogens is 255 g/mol. The van der Waals surface area contributed by atoms with E-state index in [9.17, 15) is 9.18 Å². The molecule has 0 saturated carbocycles. The van der Waals surface area contributed by atoms with Gasteiger partial charge >= 0.3 is 0 Å². The fourth-order valence-electron chi connectivity index (χ4n) is 1.41. The number of carbonyl (C=O) groups excluding carboxylic acids is 1. The Balaban J connectivity index is 2.05. The highest BCUT2D eigenvalue weighted by molar-refractivity contribution is 7.80. The molecule has 0 aliphatic rings. The number of aryl methyl sites for hydroxylation is 1. The first-order valence-corrected chi connectivity index (χ1v) is 5.62. The largest absolute Gasteiger partial charge is 0.345 e. The Labute approximate surface area is 108 Å². The smallest absolute Gasteiger partial charge is 0.254 e. The van der Waals surface area contributed by atoms with Gasteiger partial charge in [-0.25, -0.2) is 9.37 Å². The third-order valence-corrected chi connectivity index (χ3v) is 2.53. The number of nitrogens with zero attached hydrogens (tertiary/aromatic N) is 3. The number of halogens is 1. The number of hydrogen-bond donors (Lipinski definition) is 2. The Morgan fingerprint density at radius 2 is 2.33 bits per heavy atom. The predicted octanol–water partition coefficient (Wildman–Crippen LogP) is 1.17. The van der Waals surface area contributed by atoms with Crippen LogP contribution < -0.4 is 5.32 Å². The second-order valence-corrected chi connectivity index (χ2v) is 4.20. The van der Waals surface area contributed by atoms with Crippen molar-refractivity contribution in [2.24, 2.45) is 7.05 Å². The van der Waals surface area contributed by atoms with Crippen LogP contribution >= 0.6 is 12.6 Å². The summed E-state index contributed by atoms with van der Waals surface area (Å²) in [4.78, 5) is 16.2. The number of nitrogens with one attached hydrogen (secondary N) is 1. The summed E-state index contributed by atoms with van der Waals surface area (Å²) < 4.78 is 14.9. The van der Waals surface area contributed by atoms with Gasteiger partial charge in [0.2, 0.25) is 0 Å². The second-order valence-electron chi connectivity index (χ2n) is 3.68. The van der Waals surface area contributed by atoms with Crippen molar-refractivity contribution in [3.8, 4) is 0 Å². The van der Waals surface area contributed by atoms with Crippen molar-refractivity contribution in [1.82, 2.24) is 20.1 Å². The molecule has 0 atom stereocenters. The molecule has 1 amide bonds. The summed E-state index contributed by atoms with van der Waals surface area (Å²) >= 11 is 4.06. The van der Waals surface area contributed by atoms with Gasteiger partial charge in [-0.2, -0.15) is 5.10 Å². The van der Waals surface area contributed by atoms with Gasteiger partial charge in [0.25, 0.3) is 5.91 Å². The SMILES string of the molecule is Cn1cnc(CNC(=O)c2cc(S)ccc2F)n1. The predicted molar refractivity (Wildman–Crippen MR) is 65.8 cm³/mol. The molecule has 0 unspecified atom stereocenters. The normalized spacial score (nSPS) is 10.4. The Morgan fingerprint density at radius 1 is 1.56 bits per heavy atom. The van der Waals surface area contributed by atoms with E-state index in [-0.39, 0.29) is 12.1 Å². The molecule has 0 fully saturated rings. The van der Waals surface area contributed by atoms with Gasteiger partial charge in [0.05, 0.1) is 12.1 Å². The van der Waals surface area contributed by atoms with Crippen molar-refractivity contribution in [3.05, 3.63) is 41.7 Å². The first-order chi connectivity index (χ1) is 8.56. The molecule has 1 aromatic heterocycles. The highest BCUT2D eigenvalue weighted by atomic mass is 32.1. The van der Waals surface area contributed by atoms with Crippen LogP contribution in [0.5, 0.6) is 0 Å². The molecule has 2 rings (SSSR count). The maximum absolute atomic E-state index is 13.4. The van der Waals surface area contributed by atoms with Crippen LogP contribution in [0.4, 0.5) is 4.39 Å². The summed E-state index contributed by atoms with van der Waals surface area (Å²) in [5, 5.41) is 6.54. The summed E-state index contributed by atoms with van der Waals surface area (Å²) in [6.07, 6.45) is 1.52. The van der Waals surface area contributed by atoms with E-state index in [1.165, 1.54) is 29.2 Å². The van der Waals surface area contributed by atoms with Gasteiger partial charge in [0, 0.05) is 11.9 Å². The van der Waals surface area contributed by atoms with Crippen molar-refractivity contribution < 1.29 is 9.18 Å². The van der Waals surface area contributed by atoms with E-state index in [0.29, 0.717) is 10.7 Å². The summed E-state index contributed by atoms with van der Waals surface area (Å²) in [7, 11) is 1.72. The van der Waals surface area contributed by atoms with Gasteiger partial charge in [0.1, 0.15) is 12.1 Å². The number of amides is 1. The van der Waals surface area contributed by atoms with Crippen LogP contribution in [0.25, 0.3) is 0 Å². The minimum Gasteiger partial charge on any atom is -0.345 e. The molecular formula is C11H11FN4OS. The van der Waals surface area contributed by atoms with Crippen molar-refractivity contribution in [2.75, 3.05) is 0 Å². The maximum atomic E-state index is 13.4. The molecule has 1 N–H and O–H groups in total. The van der Waals surface area contributed by atoms with Gasteiger partial charge in [-0.1, -0.05) is 0 Å². The van der Waals surface area contributed by atoms with Gasteiger partial charge in [-0.05, 0) is 18.2 Å². The number of benzene rings is 1. The summed E-state index contributed by atoms with van der Waals surface area (Å²) in [5.74, 6) is -0.636. The van der Waals surface area contributed by atoms with Crippen LogP contribution in [-0.4, -0.2) is 20.7 Å². The van der Waals surface area contributed by atoms with Crippen molar-refractivity contribution in [2.45, 2.75) is 11.4 Å².